The van der Waals surface area contributed by atoms with E-state index in [4.69, 9.17) is 17.0 Å². The number of hydrogen-bond acceptors (Lipinski definition) is 3. The van der Waals surface area contributed by atoms with Crippen LogP contribution in [0.15, 0.2) is 24.3 Å². The van der Waals surface area contributed by atoms with E-state index >= 15 is 0 Å². The summed E-state index contributed by atoms with van der Waals surface area (Å²) < 4.78 is 5.70. The summed E-state index contributed by atoms with van der Waals surface area (Å²) in [6.07, 6.45) is 7.17. The van der Waals surface area contributed by atoms with Crippen LogP contribution in [0.25, 0.3) is 0 Å². The first-order chi connectivity index (χ1) is 11.1. The van der Waals surface area contributed by atoms with E-state index in [2.05, 4.69) is 22.4 Å². The Bertz CT molecular complexity index is 488. The summed E-state index contributed by atoms with van der Waals surface area (Å²) in [7, 11) is 0. The van der Waals surface area contributed by atoms with Crippen LogP contribution in [0.3, 0.4) is 0 Å². The molecule has 2 N–H and O–H groups in total. The third-order valence-electron chi connectivity index (χ3n) is 3.76. The fourth-order valence-corrected chi connectivity index (χ4v) is 4.16. The van der Waals surface area contributed by atoms with Crippen LogP contribution >= 0.6 is 24.0 Å². The van der Waals surface area contributed by atoms with Gasteiger partial charge in [0, 0.05) is 29.3 Å². The number of anilines is 1. The lowest BCUT2D eigenvalue weighted by Crippen LogP contribution is -2.30. The minimum absolute atomic E-state index is 0.173. The van der Waals surface area contributed by atoms with Crippen LogP contribution in [0.1, 0.15) is 46.0 Å². The maximum atomic E-state index is 5.70. The number of thioether (sulfide) groups is 1. The lowest BCUT2D eigenvalue weighted by Gasteiger charge is -2.21. The van der Waals surface area contributed by atoms with E-state index in [0.717, 1.165) is 29.0 Å². The predicted molar refractivity (Wildman–Crippen MR) is 106 cm³/mol. The Morgan fingerprint density at radius 1 is 1.30 bits per heavy atom. The van der Waals surface area contributed by atoms with E-state index < -0.39 is 0 Å². The number of rotatable bonds is 7. The molecule has 1 aromatic carbocycles. The lowest BCUT2D eigenvalue weighted by atomic mass is 10.0. The molecule has 3 nitrogen and oxygen atoms in total. The molecule has 0 heterocycles. The predicted octanol–water partition coefficient (Wildman–Crippen LogP) is 4.83. The molecule has 2 rings (SSSR count). The second-order valence-electron chi connectivity index (χ2n) is 6.21. The largest absolute Gasteiger partial charge is 0.491 e. The highest BCUT2D eigenvalue weighted by Gasteiger charge is 2.13. The van der Waals surface area contributed by atoms with Crippen molar-refractivity contribution in [3.63, 3.8) is 0 Å². The summed E-state index contributed by atoms with van der Waals surface area (Å²) in [5, 5.41) is 8.05. The van der Waals surface area contributed by atoms with E-state index in [1.807, 2.05) is 38.1 Å². The fraction of sp³-hybridized carbons (Fsp3) is 0.611. The van der Waals surface area contributed by atoms with Crippen molar-refractivity contribution in [3.8, 4) is 5.75 Å². The average molecular weight is 353 g/mol. The number of nitrogens with one attached hydrogen (secondary N) is 2. The molecular formula is C18H28N2OS2. The van der Waals surface area contributed by atoms with Gasteiger partial charge in [0.1, 0.15) is 5.75 Å². The molecule has 0 radical (unpaired) electrons. The van der Waals surface area contributed by atoms with Crippen molar-refractivity contribution in [1.29, 1.82) is 0 Å². The summed E-state index contributed by atoms with van der Waals surface area (Å²) in [5.41, 5.74) is 0.959. The van der Waals surface area contributed by atoms with Crippen molar-refractivity contribution < 1.29 is 4.74 Å². The van der Waals surface area contributed by atoms with Crippen LogP contribution in [-0.4, -0.2) is 28.8 Å². The summed E-state index contributed by atoms with van der Waals surface area (Å²) in [4.78, 5) is 0. The Hall–Kier alpha value is -0.940. The molecule has 1 saturated carbocycles. The molecule has 23 heavy (non-hydrogen) atoms. The van der Waals surface area contributed by atoms with Gasteiger partial charge < -0.3 is 15.4 Å². The van der Waals surface area contributed by atoms with Crippen LogP contribution in [0, 0.1) is 0 Å². The van der Waals surface area contributed by atoms with Crippen molar-refractivity contribution in [1.82, 2.24) is 5.32 Å². The Morgan fingerprint density at radius 2 is 2.09 bits per heavy atom. The quantitative estimate of drug-likeness (QED) is 0.543. The molecule has 0 saturated heterocycles. The molecule has 128 valence electrons. The summed E-state index contributed by atoms with van der Waals surface area (Å²) in [6.45, 7) is 4.96. The molecule has 1 aromatic rings. The number of benzene rings is 1. The Balaban J connectivity index is 1.66. The Labute approximate surface area is 150 Å². The van der Waals surface area contributed by atoms with E-state index in [1.165, 1.54) is 32.1 Å². The first-order valence-corrected chi connectivity index (χ1v) is 10.0. The highest BCUT2D eigenvalue weighted by Crippen LogP contribution is 2.27. The highest BCUT2D eigenvalue weighted by atomic mass is 32.2. The van der Waals surface area contributed by atoms with Gasteiger partial charge in [0.2, 0.25) is 0 Å². The molecule has 1 fully saturated rings. The fourth-order valence-electron chi connectivity index (χ4n) is 2.72. The number of ether oxygens (including phenoxy) is 1. The van der Waals surface area contributed by atoms with Crippen LogP contribution < -0.4 is 15.4 Å². The van der Waals surface area contributed by atoms with E-state index in [-0.39, 0.29) is 6.10 Å². The van der Waals surface area contributed by atoms with Gasteiger partial charge in [-0.15, -0.1) is 0 Å². The third-order valence-corrected chi connectivity index (χ3v) is 5.39. The topological polar surface area (TPSA) is 33.3 Å². The summed E-state index contributed by atoms with van der Waals surface area (Å²) >= 11 is 7.45. The molecule has 0 spiro atoms. The maximum absolute atomic E-state index is 5.70. The minimum atomic E-state index is 0.173. The molecule has 1 aliphatic carbocycles. The molecule has 0 unspecified atom stereocenters. The van der Waals surface area contributed by atoms with Gasteiger partial charge in [0.25, 0.3) is 0 Å². The zero-order valence-corrected chi connectivity index (χ0v) is 15.8. The van der Waals surface area contributed by atoms with Gasteiger partial charge in [-0.2, -0.15) is 11.8 Å². The second-order valence-corrected chi connectivity index (χ2v) is 8.02. The number of thiocarbonyl (C=S) groups is 1. The van der Waals surface area contributed by atoms with Gasteiger partial charge in [0.05, 0.1) is 6.10 Å². The van der Waals surface area contributed by atoms with Crippen molar-refractivity contribution in [3.05, 3.63) is 24.3 Å². The maximum Gasteiger partial charge on any atom is 0.170 e. The van der Waals surface area contributed by atoms with Gasteiger partial charge in [-0.3, -0.25) is 0 Å². The SMILES string of the molecule is CC(C)Oc1cccc(NC(=S)NCCSC2CCCCC2)c1. The third kappa shape index (κ3) is 7.44. The molecule has 0 aliphatic heterocycles. The zero-order valence-electron chi connectivity index (χ0n) is 14.1. The Kier molecular flexibility index (Phi) is 8.03. The number of hydrogen-bond donors (Lipinski definition) is 2. The van der Waals surface area contributed by atoms with Crippen LogP contribution in [0.2, 0.25) is 0 Å². The first kappa shape index (κ1) is 18.4. The second kappa shape index (κ2) is 10.0. The standard InChI is InChI=1S/C18H28N2OS2/c1-14(2)21-16-8-6-7-15(13-16)20-18(22)19-11-12-23-17-9-4-3-5-10-17/h6-8,13-14,17H,3-5,9-12H2,1-2H3,(H2,19,20,22). The molecule has 1 aliphatic rings. The van der Waals surface area contributed by atoms with E-state index in [0.29, 0.717) is 5.11 Å². The van der Waals surface area contributed by atoms with Gasteiger partial charge >= 0.3 is 0 Å². The van der Waals surface area contributed by atoms with Crippen molar-refractivity contribution in [2.45, 2.75) is 57.3 Å². The molecule has 0 atom stereocenters. The van der Waals surface area contributed by atoms with Gasteiger partial charge in [-0.1, -0.05) is 25.3 Å². The molecule has 0 aromatic heterocycles. The normalized spacial score (nSPS) is 15.4. The smallest absolute Gasteiger partial charge is 0.170 e. The van der Waals surface area contributed by atoms with Crippen molar-refractivity contribution in [2.75, 3.05) is 17.6 Å². The van der Waals surface area contributed by atoms with Gasteiger partial charge in [-0.25, -0.2) is 0 Å². The molecule has 5 heteroatoms. The van der Waals surface area contributed by atoms with Crippen molar-refractivity contribution in [2.24, 2.45) is 0 Å². The zero-order chi connectivity index (χ0) is 16.5. The summed E-state index contributed by atoms with van der Waals surface area (Å²) in [5.74, 6) is 1.98. The van der Waals surface area contributed by atoms with Crippen LogP contribution in [0.4, 0.5) is 5.69 Å². The van der Waals surface area contributed by atoms with Crippen LogP contribution in [0.5, 0.6) is 5.75 Å². The molecular weight excluding hydrogens is 324 g/mol. The average Bonchev–Trinajstić information content (AvgIpc) is 2.52. The lowest BCUT2D eigenvalue weighted by molar-refractivity contribution is 0.242. The Morgan fingerprint density at radius 3 is 2.83 bits per heavy atom. The molecule has 0 bridgehead atoms. The van der Waals surface area contributed by atoms with Gasteiger partial charge in [0.15, 0.2) is 5.11 Å². The minimum Gasteiger partial charge on any atom is -0.491 e. The van der Waals surface area contributed by atoms with Gasteiger partial charge in [-0.05, 0) is 51.0 Å². The first-order valence-electron chi connectivity index (χ1n) is 8.56. The highest BCUT2D eigenvalue weighted by molar-refractivity contribution is 7.99. The van der Waals surface area contributed by atoms with E-state index in [9.17, 15) is 0 Å². The summed E-state index contributed by atoms with van der Waals surface area (Å²) in [6, 6.07) is 7.91. The van der Waals surface area contributed by atoms with E-state index in [1.54, 1.807) is 0 Å². The monoisotopic (exact) mass is 352 g/mol. The van der Waals surface area contributed by atoms with Crippen LogP contribution in [-0.2, 0) is 0 Å². The molecule has 0 amide bonds. The van der Waals surface area contributed by atoms with Crippen molar-refractivity contribution >= 4 is 34.8 Å².